The lowest BCUT2D eigenvalue weighted by Crippen LogP contribution is -2.20. The van der Waals surface area contributed by atoms with Gasteiger partial charge in [0.1, 0.15) is 11.6 Å². The molecule has 0 aliphatic carbocycles. The molecule has 0 amide bonds. The molecular formula is C13H20FNO2. The van der Waals surface area contributed by atoms with Crippen LogP contribution < -0.4 is 10.1 Å². The van der Waals surface area contributed by atoms with Gasteiger partial charge in [-0.3, -0.25) is 0 Å². The number of halogens is 1. The molecule has 0 radical (unpaired) electrons. The van der Waals surface area contributed by atoms with Crippen molar-refractivity contribution in [3.63, 3.8) is 0 Å². The zero-order valence-corrected chi connectivity index (χ0v) is 10.4. The van der Waals surface area contributed by atoms with Crippen LogP contribution in [0, 0.1) is 5.82 Å². The van der Waals surface area contributed by atoms with E-state index < -0.39 is 0 Å². The Balaban J connectivity index is 2.36. The van der Waals surface area contributed by atoms with Gasteiger partial charge >= 0.3 is 0 Å². The number of benzene rings is 1. The van der Waals surface area contributed by atoms with Crippen molar-refractivity contribution in [2.75, 3.05) is 13.7 Å². The van der Waals surface area contributed by atoms with Crippen LogP contribution in [0.3, 0.4) is 0 Å². The molecule has 1 rings (SSSR count). The van der Waals surface area contributed by atoms with E-state index in [1.165, 1.54) is 13.2 Å². The third kappa shape index (κ3) is 4.71. The molecule has 0 spiro atoms. The fourth-order valence-corrected chi connectivity index (χ4v) is 1.49. The van der Waals surface area contributed by atoms with E-state index in [-0.39, 0.29) is 11.9 Å². The van der Waals surface area contributed by atoms with Crippen molar-refractivity contribution in [2.24, 2.45) is 0 Å². The highest BCUT2D eigenvalue weighted by molar-refractivity contribution is 5.28. The third-order valence-corrected chi connectivity index (χ3v) is 2.70. The van der Waals surface area contributed by atoms with Crippen molar-refractivity contribution in [2.45, 2.75) is 32.4 Å². The Bertz CT molecular complexity index is 344. The van der Waals surface area contributed by atoms with E-state index in [0.717, 1.165) is 6.42 Å². The summed E-state index contributed by atoms with van der Waals surface area (Å²) in [6, 6.07) is 4.82. The van der Waals surface area contributed by atoms with Gasteiger partial charge in [0, 0.05) is 18.2 Å². The maximum Gasteiger partial charge on any atom is 0.131 e. The molecule has 1 aromatic carbocycles. The van der Waals surface area contributed by atoms with Gasteiger partial charge < -0.3 is 15.2 Å². The molecule has 17 heavy (non-hydrogen) atoms. The average Bonchev–Trinajstić information content (AvgIpc) is 2.35. The Hall–Kier alpha value is -1.13. The third-order valence-electron chi connectivity index (χ3n) is 2.70. The molecule has 0 aliphatic rings. The Kier molecular flexibility index (Phi) is 5.94. The van der Waals surface area contributed by atoms with E-state index in [9.17, 15) is 9.50 Å². The maximum absolute atomic E-state index is 13.5. The Morgan fingerprint density at radius 2 is 2.24 bits per heavy atom. The number of nitrogens with one attached hydrogen (secondary N) is 1. The summed E-state index contributed by atoms with van der Waals surface area (Å²) in [5.41, 5.74) is 0.608. The quantitative estimate of drug-likeness (QED) is 0.718. The van der Waals surface area contributed by atoms with Crippen LogP contribution >= 0.6 is 0 Å². The van der Waals surface area contributed by atoms with E-state index in [2.05, 4.69) is 5.32 Å². The van der Waals surface area contributed by atoms with Crippen molar-refractivity contribution in [1.29, 1.82) is 0 Å². The Labute approximate surface area is 102 Å². The van der Waals surface area contributed by atoms with Crippen LogP contribution in [0.1, 0.15) is 25.3 Å². The smallest absolute Gasteiger partial charge is 0.131 e. The van der Waals surface area contributed by atoms with Crippen LogP contribution in [-0.2, 0) is 6.54 Å². The Morgan fingerprint density at radius 3 is 2.82 bits per heavy atom. The number of aliphatic hydroxyl groups excluding tert-OH is 1. The molecule has 0 aliphatic heterocycles. The summed E-state index contributed by atoms with van der Waals surface area (Å²) in [7, 11) is 1.51. The van der Waals surface area contributed by atoms with E-state index >= 15 is 0 Å². The fraction of sp³-hybridized carbons (Fsp3) is 0.538. The Morgan fingerprint density at radius 1 is 1.47 bits per heavy atom. The van der Waals surface area contributed by atoms with E-state index in [0.29, 0.717) is 30.8 Å². The van der Waals surface area contributed by atoms with Crippen LogP contribution in [0.4, 0.5) is 4.39 Å². The second-order valence-corrected chi connectivity index (χ2v) is 3.98. The van der Waals surface area contributed by atoms with E-state index in [1.807, 2.05) is 6.92 Å². The van der Waals surface area contributed by atoms with Gasteiger partial charge in [0.15, 0.2) is 0 Å². The lowest BCUT2D eigenvalue weighted by Gasteiger charge is -2.09. The first-order valence-corrected chi connectivity index (χ1v) is 5.88. The number of aliphatic hydroxyl groups is 1. The van der Waals surface area contributed by atoms with Crippen molar-refractivity contribution < 1.29 is 14.2 Å². The minimum absolute atomic E-state index is 0.270. The SMILES string of the molecule is CCC(O)CCNCc1ccc(OC)cc1F. The first-order valence-electron chi connectivity index (χ1n) is 5.88. The molecule has 0 heterocycles. The summed E-state index contributed by atoms with van der Waals surface area (Å²) in [6.07, 6.45) is 1.16. The highest BCUT2D eigenvalue weighted by Crippen LogP contribution is 2.15. The molecule has 2 N–H and O–H groups in total. The molecule has 1 unspecified atom stereocenters. The zero-order valence-electron chi connectivity index (χ0n) is 10.4. The molecule has 0 aromatic heterocycles. The lowest BCUT2D eigenvalue weighted by molar-refractivity contribution is 0.159. The fourth-order valence-electron chi connectivity index (χ4n) is 1.49. The number of rotatable bonds is 7. The summed E-state index contributed by atoms with van der Waals surface area (Å²) in [5.74, 6) is 0.251. The summed E-state index contributed by atoms with van der Waals surface area (Å²) in [6.45, 7) is 3.08. The molecule has 0 fully saturated rings. The number of hydrogen-bond acceptors (Lipinski definition) is 3. The van der Waals surface area contributed by atoms with Gasteiger partial charge in [-0.1, -0.05) is 13.0 Å². The molecule has 0 saturated heterocycles. The molecule has 0 bridgehead atoms. The maximum atomic E-state index is 13.5. The minimum Gasteiger partial charge on any atom is -0.497 e. The number of methoxy groups -OCH3 is 1. The zero-order chi connectivity index (χ0) is 12.7. The molecule has 1 atom stereocenters. The topological polar surface area (TPSA) is 41.5 Å². The van der Waals surface area contributed by atoms with Crippen LogP contribution in [0.15, 0.2) is 18.2 Å². The van der Waals surface area contributed by atoms with Crippen LogP contribution in [0.25, 0.3) is 0 Å². The lowest BCUT2D eigenvalue weighted by atomic mass is 10.2. The van der Waals surface area contributed by atoms with Gasteiger partial charge in [-0.25, -0.2) is 4.39 Å². The summed E-state index contributed by atoms with van der Waals surface area (Å²) in [4.78, 5) is 0. The summed E-state index contributed by atoms with van der Waals surface area (Å²) < 4.78 is 18.4. The number of hydrogen-bond donors (Lipinski definition) is 2. The summed E-state index contributed by atoms with van der Waals surface area (Å²) >= 11 is 0. The molecule has 1 aromatic rings. The van der Waals surface area contributed by atoms with Gasteiger partial charge in [-0.05, 0) is 25.5 Å². The molecule has 96 valence electrons. The molecular weight excluding hydrogens is 221 g/mol. The largest absolute Gasteiger partial charge is 0.497 e. The normalized spacial score (nSPS) is 12.5. The van der Waals surface area contributed by atoms with Gasteiger partial charge in [0.05, 0.1) is 13.2 Å². The van der Waals surface area contributed by atoms with Crippen molar-refractivity contribution in [3.8, 4) is 5.75 Å². The van der Waals surface area contributed by atoms with E-state index in [1.54, 1.807) is 12.1 Å². The predicted molar refractivity (Wildman–Crippen MR) is 65.6 cm³/mol. The second kappa shape index (κ2) is 7.25. The highest BCUT2D eigenvalue weighted by atomic mass is 19.1. The van der Waals surface area contributed by atoms with Crippen molar-refractivity contribution in [1.82, 2.24) is 5.32 Å². The minimum atomic E-state index is -0.275. The van der Waals surface area contributed by atoms with E-state index in [4.69, 9.17) is 4.74 Å². The van der Waals surface area contributed by atoms with Gasteiger partial charge in [-0.15, -0.1) is 0 Å². The van der Waals surface area contributed by atoms with Crippen molar-refractivity contribution >= 4 is 0 Å². The van der Waals surface area contributed by atoms with Crippen molar-refractivity contribution in [3.05, 3.63) is 29.6 Å². The van der Waals surface area contributed by atoms with Gasteiger partial charge in [0.25, 0.3) is 0 Å². The number of ether oxygens (including phenoxy) is 1. The summed E-state index contributed by atoms with van der Waals surface area (Å²) in [5, 5.41) is 12.5. The standard InChI is InChI=1S/C13H20FNO2/c1-3-11(16)6-7-15-9-10-4-5-12(17-2)8-13(10)14/h4-5,8,11,15-16H,3,6-7,9H2,1-2H3. The first-order chi connectivity index (χ1) is 8.17. The second-order valence-electron chi connectivity index (χ2n) is 3.98. The van der Waals surface area contributed by atoms with Crippen LogP contribution in [-0.4, -0.2) is 24.9 Å². The monoisotopic (exact) mass is 241 g/mol. The van der Waals surface area contributed by atoms with Gasteiger partial charge in [0.2, 0.25) is 0 Å². The van der Waals surface area contributed by atoms with Gasteiger partial charge in [-0.2, -0.15) is 0 Å². The van der Waals surface area contributed by atoms with Crippen LogP contribution in [0.2, 0.25) is 0 Å². The highest BCUT2D eigenvalue weighted by Gasteiger charge is 2.04. The van der Waals surface area contributed by atoms with Crippen LogP contribution in [0.5, 0.6) is 5.75 Å². The molecule has 3 nitrogen and oxygen atoms in total. The average molecular weight is 241 g/mol. The molecule has 4 heteroatoms. The first kappa shape index (κ1) is 13.9. The molecule has 0 saturated carbocycles. The predicted octanol–water partition coefficient (Wildman–Crippen LogP) is 2.08.